The van der Waals surface area contributed by atoms with Crippen LogP contribution in [-0.2, 0) is 36.6 Å². The van der Waals surface area contributed by atoms with E-state index in [1.165, 1.54) is 11.1 Å². The van der Waals surface area contributed by atoms with Crippen molar-refractivity contribution >= 4 is 29.1 Å². The van der Waals surface area contributed by atoms with Gasteiger partial charge in [-0.05, 0) is 105 Å². The minimum atomic E-state index is -1.45. The molecule has 0 spiro atoms. The Kier molecular flexibility index (Phi) is 20.6. The Morgan fingerprint density at radius 1 is 0.750 bits per heavy atom. The lowest BCUT2D eigenvalue weighted by atomic mass is 9.87. The van der Waals surface area contributed by atoms with Crippen molar-refractivity contribution in [1.82, 2.24) is 15.6 Å². The Bertz CT molecular complexity index is 2070. The maximum absolute atomic E-state index is 13.8. The highest BCUT2D eigenvalue weighted by atomic mass is 16.6. The van der Waals surface area contributed by atoms with E-state index in [4.69, 9.17) is 18.9 Å². The number of hydrogen-bond acceptors (Lipinski definition) is 12. The van der Waals surface area contributed by atoms with Crippen LogP contribution in [-0.4, -0.2) is 129 Å². The largest absolute Gasteiger partial charge is 0.394 e. The number of amides is 3. The summed E-state index contributed by atoms with van der Waals surface area (Å²) in [5.74, 6) is -0.859. The molecule has 4 aromatic rings. The SMILES string of the molecule is CCN(CC)c1ccc(NC(=O)c2cccc(CCCOCCOCCOCCOCCC(=O)NC(CO)(CO)CO)c2)c(-c2cc(C(=O)N[C@H]3CCCc4ccccc43)ccn2)c1. The molecule has 1 aliphatic carbocycles. The number of carbonyl (C=O) groups is 3. The van der Waals surface area contributed by atoms with Crippen LogP contribution in [0.4, 0.5) is 11.4 Å². The molecule has 0 radical (unpaired) electrons. The molecule has 5 rings (SSSR count). The molecule has 6 N–H and O–H groups in total. The molecule has 0 aliphatic heterocycles. The number of nitrogens with one attached hydrogen (secondary N) is 3. The number of hydrogen-bond donors (Lipinski definition) is 6. The first-order chi connectivity index (χ1) is 31.2. The van der Waals surface area contributed by atoms with Crippen LogP contribution >= 0.6 is 0 Å². The number of anilines is 2. The minimum absolute atomic E-state index is 0.0130. The number of fused-ring (bicyclic) bond motifs is 1. The summed E-state index contributed by atoms with van der Waals surface area (Å²) >= 11 is 0. The number of aliphatic hydroxyl groups is 3. The van der Waals surface area contributed by atoms with Gasteiger partial charge >= 0.3 is 0 Å². The van der Waals surface area contributed by atoms with Crippen molar-refractivity contribution in [2.45, 2.75) is 64.0 Å². The van der Waals surface area contributed by atoms with Gasteiger partial charge in [0.2, 0.25) is 5.91 Å². The zero-order chi connectivity index (χ0) is 45.6. The maximum atomic E-state index is 13.8. The topological polar surface area (TPSA) is 201 Å². The minimum Gasteiger partial charge on any atom is -0.394 e. The lowest BCUT2D eigenvalue weighted by Crippen LogP contribution is -2.57. The fraction of sp³-hybridized carbons (Fsp3) is 0.469. The second-order valence-electron chi connectivity index (χ2n) is 15.7. The highest BCUT2D eigenvalue weighted by molar-refractivity contribution is 6.06. The molecule has 346 valence electrons. The predicted octanol–water partition coefficient (Wildman–Crippen LogP) is 4.88. The Morgan fingerprint density at radius 2 is 1.42 bits per heavy atom. The average molecular weight is 884 g/mol. The van der Waals surface area contributed by atoms with Crippen molar-refractivity contribution in [1.29, 1.82) is 0 Å². The van der Waals surface area contributed by atoms with Gasteiger partial charge in [-0.3, -0.25) is 19.4 Å². The molecule has 1 aliphatic rings. The predicted molar refractivity (Wildman–Crippen MR) is 246 cm³/mol. The molecule has 1 aromatic heterocycles. The summed E-state index contributed by atoms with van der Waals surface area (Å²) in [6.45, 7) is 6.98. The standard InChI is InChI=1S/C49H65N5O10/c1-3-54(4-2)40-17-18-44(42(32-40)45-31-39(19-21-50-45)48(60)51-43-16-8-13-37-12-5-6-15-41(37)43)52-47(59)38-14-7-10-36(30-38)11-9-22-61-24-26-63-28-29-64-27-25-62-23-20-46(58)53-49(33-55,34-56)35-57/h5-7,10,12,14-15,17-19,21,30-32,43,55-57H,3-4,8-9,11,13,16,20,22-29,33-35H2,1-2H3,(H,51,60)(H,52,59)(H,53,58)/t43-/m0/s1. The summed E-state index contributed by atoms with van der Waals surface area (Å²) in [5, 5.41) is 36.7. The van der Waals surface area contributed by atoms with Crippen LogP contribution in [0.3, 0.4) is 0 Å². The summed E-state index contributed by atoms with van der Waals surface area (Å²) in [7, 11) is 0. The summed E-state index contributed by atoms with van der Waals surface area (Å²) in [5.41, 5.74) is 5.95. The van der Waals surface area contributed by atoms with Gasteiger partial charge in [-0.15, -0.1) is 0 Å². The van der Waals surface area contributed by atoms with Crippen LogP contribution in [0.1, 0.15) is 83.0 Å². The van der Waals surface area contributed by atoms with E-state index in [9.17, 15) is 29.7 Å². The summed E-state index contributed by atoms with van der Waals surface area (Å²) in [6.07, 6.45) is 6.07. The van der Waals surface area contributed by atoms with Crippen LogP contribution in [0.2, 0.25) is 0 Å². The average Bonchev–Trinajstić information content (AvgIpc) is 3.33. The van der Waals surface area contributed by atoms with E-state index in [-0.39, 0.29) is 37.5 Å². The summed E-state index contributed by atoms with van der Waals surface area (Å²) < 4.78 is 22.2. The van der Waals surface area contributed by atoms with Crippen LogP contribution in [0.5, 0.6) is 0 Å². The summed E-state index contributed by atoms with van der Waals surface area (Å²) in [6, 6.07) is 25.3. The lowest BCUT2D eigenvalue weighted by molar-refractivity contribution is -0.126. The van der Waals surface area contributed by atoms with E-state index >= 15 is 0 Å². The second-order valence-corrected chi connectivity index (χ2v) is 15.7. The highest BCUT2D eigenvalue weighted by Crippen LogP contribution is 2.33. The van der Waals surface area contributed by atoms with E-state index in [1.54, 1.807) is 24.4 Å². The van der Waals surface area contributed by atoms with Gasteiger partial charge < -0.3 is 55.1 Å². The monoisotopic (exact) mass is 883 g/mol. The van der Waals surface area contributed by atoms with Crippen molar-refractivity contribution in [3.05, 3.63) is 113 Å². The maximum Gasteiger partial charge on any atom is 0.255 e. The Labute approximate surface area is 376 Å². The Hall–Kier alpha value is -5.26. The Balaban J connectivity index is 1.04. The molecule has 1 heterocycles. The van der Waals surface area contributed by atoms with Gasteiger partial charge in [0.15, 0.2) is 0 Å². The number of carbonyl (C=O) groups excluding carboxylic acids is 3. The molecular weight excluding hydrogens is 819 g/mol. The third-order valence-corrected chi connectivity index (χ3v) is 11.2. The smallest absolute Gasteiger partial charge is 0.255 e. The highest BCUT2D eigenvalue weighted by Gasteiger charge is 2.29. The van der Waals surface area contributed by atoms with Crippen LogP contribution in [0.15, 0.2) is 85.1 Å². The molecule has 64 heavy (non-hydrogen) atoms. The van der Waals surface area contributed by atoms with Gasteiger partial charge in [-0.1, -0.05) is 36.4 Å². The van der Waals surface area contributed by atoms with E-state index < -0.39 is 31.3 Å². The zero-order valence-corrected chi connectivity index (χ0v) is 37.2. The number of pyridine rings is 1. The molecule has 3 amide bonds. The quantitative estimate of drug-likeness (QED) is 0.0424. The van der Waals surface area contributed by atoms with Crippen molar-refractivity contribution in [2.75, 3.05) is 96.0 Å². The van der Waals surface area contributed by atoms with E-state index in [2.05, 4.69) is 51.8 Å². The fourth-order valence-electron chi connectivity index (χ4n) is 7.50. The number of aromatic nitrogens is 1. The molecule has 0 saturated heterocycles. The van der Waals surface area contributed by atoms with Crippen molar-refractivity contribution in [3.8, 4) is 11.3 Å². The zero-order valence-electron chi connectivity index (χ0n) is 37.2. The van der Waals surface area contributed by atoms with Gasteiger partial charge in [0.25, 0.3) is 11.8 Å². The first-order valence-corrected chi connectivity index (χ1v) is 22.3. The third-order valence-electron chi connectivity index (χ3n) is 11.2. The molecule has 0 fully saturated rings. The number of aryl methyl sites for hydroxylation is 2. The molecular formula is C49H65N5O10. The molecule has 0 unspecified atom stereocenters. The van der Waals surface area contributed by atoms with Gasteiger partial charge in [-0.25, -0.2) is 0 Å². The van der Waals surface area contributed by atoms with E-state index in [1.807, 2.05) is 48.5 Å². The number of nitrogens with zero attached hydrogens (tertiary/aromatic N) is 2. The van der Waals surface area contributed by atoms with Crippen molar-refractivity contribution in [2.24, 2.45) is 0 Å². The lowest BCUT2D eigenvalue weighted by Gasteiger charge is -2.28. The molecule has 3 aromatic carbocycles. The van der Waals surface area contributed by atoms with E-state index in [0.717, 1.165) is 62.0 Å². The second kappa shape index (κ2) is 26.5. The molecule has 15 nitrogen and oxygen atoms in total. The third kappa shape index (κ3) is 14.9. The normalized spacial score (nSPS) is 13.5. The van der Waals surface area contributed by atoms with Gasteiger partial charge in [0, 0.05) is 54.7 Å². The number of rotatable bonds is 28. The molecule has 1 atom stereocenters. The molecule has 0 bridgehead atoms. The van der Waals surface area contributed by atoms with Crippen molar-refractivity contribution < 1.29 is 48.7 Å². The Morgan fingerprint density at radius 3 is 2.12 bits per heavy atom. The van der Waals surface area contributed by atoms with Gasteiger partial charge in [-0.2, -0.15) is 0 Å². The first-order valence-electron chi connectivity index (χ1n) is 22.3. The molecule has 0 saturated carbocycles. The van der Waals surface area contributed by atoms with Crippen LogP contribution < -0.4 is 20.9 Å². The molecule has 15 heteroatoms. The van der Waals surface area contributed by atoms with Crippen LogP contribution in [0.25, 0.3) is 11.3 Å². The first kappa shape index (κ1) is 49.8. The van der Waals surface area contributed by atoms with Gasteiger partial charge in [0.1, 0.15) is 5.54 Å². The number of benzene rings is 3. The van der Waals surface area contributed by atoms with E-state index in [0.29, 0.717) is 62.1 Å². The number of ether oxygens (including phenoxy) is 4. The number of aliphatic hydroxyl groups excluding tert-OH is 3. The van der Waals surface area contributed by atoms with Crippen LogP contribution in [0, 0.1) is 0 Å². The fourth-order valence-corrected chi connectivity index (χ4v) is 7.50. The summed E-state index contributed by atoms with van der Waals surface area (Å²) in [4.78, 5) is 46.3. The van der Waals surface area contributed by atoms with Gasteiger partial charge in [0.05, 0.1) is 83.5 Å². The van der Waals surface area contributed by atoms with Crippen molar-refractivity contribution in [3.63, 3.8) is 0 Å².